The van der Waals surface area contributed by atoms with Gasteiger partial charge in [-0.1, -0.05) is 41.5 Å². The largest absolute Gasteiger partial charge is 0.448 e. The number of hydrogen-bond donors (Lipinski definition) is 2. The first kappa shape index (κ1) is 24.9. The molecule has 0 bridgehead atoms. The Kier molecular flexibility index (Phi) is 11.8. The molecular formula is C19H40N2O4Si. The number of alkyl carbamates (subject to hydrolysis) is 1. The van der Waals surface area contributed by atoms with Crippen molar-refractivity contribution in [2.24, 2.45) is 16.7 Å². The fraction of sp³-hybridized carbons (Fsp3) is 0.895. The molecule has 7 heteroatoms. The Morgan fingerprint density at radius 3 is 2.23 bits per heavy atom. The van der Waals surface area contributed by atoms with E-state index >= 15 is 0 Å². The summed E-state index contributed by atoms with van der Waals surface area (Å²) < 4.78 is 10.5. The number of hydrogen-bond acceptors (Lipinski definition) is 4. The highest BCUT2D eigenvalue weighted by Gasteiger charge is 2.34. The van der Waals surface area contributed by atoms with Gasteiger partial charge in [-0.2, -0.15) is 0 Å². The molecule has 0 aromatic heterocycles. The zero-order valence-corrected chi connectivity index (χ0v) is 19.3. The van der Waals surface area contributed by atoms with Crippen molar-refractivity contribution in [2.45, 2.75) is 67.4 Å². The van der Waals surface area contributed by atoms with Crippen molar-refractivity contribution < 1.29 is 18.8 Å². The van der Waals surface area contributed by atoms with Gasteiger partial charge in [0, 0.05) is 19.1 Å². The molecule has 0 heterocycles. The molecule has 0 aliphatic heterocycles. The van der Waals surface area contributed by atoms with Crippen LogP contribution in [0.15, 0.2) is 0 Å². The smallest absolute Gasteiger partial charge is 0.407 e. The highest BCUT2D eigenvalue weighted by molar-refractivity contribution is 6.26. The van der Waals surface area contributed by atoms with Crippen LogP contribution < -0.4 is 10.6 Å². The quantitative estimate of drug-likeness (QED) is 0.421. The highest BCUT2D eigenvalue weighted by Crippen LogP contribution is 2.36. The van der Waals surface area contributed by atoms with Gasteiger partial charge in [0.2, 0.25) is 5.91 Å². The fourth-order valence-corrected chi connectivity index (χ4v) is 3.51. The lowest BCUT2D eigenvalue weighted by molar-refractivity contribution is -0.129. The van der Waals surface area contributed by atoms with E-state index in [0.717, 1.165) is 25.5 Å². The number of nitrogens with one attached hydrogen (secondary N) is 2. The second-order valence-electron chi connectivity index (χ2n) is 8.94. The number of ether oxygens (including phenoxy) is 1. The van der Waals surface area contributed by atoms with Crippen LogP contribution in [0.25, 0.3) is 0 Å². The SMILES string of the molecule is CCO[SiH2]CCCNC(=O)OCCNC(=O)C(CC(C)(C)C)C(C)(C)C. The summed E-state index contributed by atoms with van der Waals surface area (Å²) in [6.07, 6.45) is 1.30. The molecule has 0 aliphatic rings. The maximum atomic E-state index is 12.5. The van der Waals surface area contributed by atoms with Crippen molar-refractivity contribution >= 4 is 21.8 Å². The minimum Gasteiger partial charge on any atom is -0.448 e. The molecule has 0 rings (SSSR count). The standard InChI is InChI=1S/C19H40N2O4Si/c1-8-25-26-13-9-10-21-17(23)24-12-11-20-16(22)15(19(5,6)7)14-18(2,3)4/h15H,8-14,26H2,1-7H3,(H,20,22)(H,21,23). The third-order valence-corrected chi connectivity index (χ3v) is 5.49. The molecule has 6 nitrogen and oxygen atoms in total. The van der Waals surface area contributed by atoms with E-state index in [1.807, 2.05) is 6.92 Å². The molecule has 0 spiro atoms. The van der Waals surface area contributed by atoms with Gasteiger partial charge >= 0.3 is 6.09 Å². The normalized spacial score (nSPS) is 13.7. The fourth-order valence-electron chi connectivity index (χ4n) is 2.56. The summed E-state index contributed by atoms with van der Waals surface area (Å²) in [6.45, 7) is 16.6. The van der Waals surface area contributed by atoms with Crippen molar-refractivity contribution in [3.63, 3.8) is 0 Å². The minimum absolute atomic E-state index is 0.0253. The lowest BCUT2D eigenvalue weighted by atomic mass is 9.72. The van der Waals surface area contributed by atoms with Crippen LogP contribution >= 0.6 is 0 Å². The van der Waals surface area contributed by atoms with Crippen LogP contribution in [0.2, 0.25) is 6.04 Å². The molecule has 0 radical (unpaired) electrons. The van der Waals surface area contributed by atoms with Crippen LogP contribution in [0.1, 0.15) is 61.3 Å². The van der Waals surface area contributed by atoms with Crippen LogP contribution in [0.4, 0.5) is 4.79 Å². The van der Waals surface area contributed by atoms with Crippen molar-refractivity contribution in [3.8, 4) is 0 Å². The third kappa shape index (κ3) is 13.2. The summed E-state index contributed by atoms with van der Waals surface area (Å²) >= 11 is 0. The Morgan fingerprint density at radius 2 is 1.69 bits per heavy atom. The molecule has 0 aromatic rings. The van der Waals surface area contributed by atoms with Gasteiger partial charge in [-0.05, 0) is 36.6 Å². The second-order valence-corrected chi connectivity index (χ2v) is 10.5. The molecule has 0 aromatic carbocycles. The Labute approximate surface area is 162 Å². The van der Waals surface area contributed by atoms with Crippen LogP contribution in [0.3, 0.4) is 0 Å². The Morgan fingerprint density at radius 1 is 1.04 bits per heavy atom. The summed E-state index contributed by atoms with van der Waals surface area (Å²) in [5, 5.41) is 5.62. The van der Waals surface area contributed by atoms with Gasteiger partial charge in [0.1, 0.15) is 6.61 Å². The minimum atomic E-state index is -0.434. The Balaban J connectivity index is 4.02. The van der Waals surface area contributed by atoms with E-state index in [1.165, 1.54) is 0 Å². The monoisotopic (exact) mass is 388 g/mol. The second kappa shape index (κ2) is 12.3. The summed E-state index contributed by atoms with van der Waals surface area (Å²) in [5.41, 5.74) is -0.0307. The summed E-state index contributed by atoms with van der Waals surface area (Å²) in [7, 11) is -0.434. The van der Waals surface area contributed by atoms with Gasteiger partial charge < -0.3 is 19.8 Å². The van der Waals surface area contributed by atoms with E-state index in [0.29, 0.717) is 13.1 Å². The lowest BCUT2D eigenvalue weighted by Gasteiger charge is -2.34. The summed E-state index contributed by atoms with van der Waals surface area (Å²) in [4.78, 5) is 24.1. The average Bonchev–Trinajstić information content (AvgIpc) is 2.50. The van der Waals surface area contributed by atoms with Gasteiger partial charge in [-0.15, -0.1) is 0 Å². The van der Waals surface area contributed by atoms with Crippen molar-refractivity contribution in [1.82, 2.24) is 10.6 Å². The van der Waals surface area contributed by atoms with E-state index in [2.05, 4.69) is 52.2 Å². The molecule has 0 aliphatic carbocycles. The first-order valence-electron chi connectivity index (χ1n) is 9.73. The van der Waals surface area contributed by atoms with Gasteiger partial charge in [0.15, 0.2) is 9.76 Å². The van der Waals surface area contributed by atoms with Crippen molar-refractivity contribution in [1.29, 1.82) is 0 Å². The molecule has 1 atom stereocenters. The van der Waals surface area contributed by atoms with Gasteiger partial charge in [0.25, 0.3) is 0 Å². The van der Waals surface area contributed by atoms with Gasteiger partial charge in [-0.3, -0.25) is 4.79 Å². The third-order valence-electron chi connectivity index (χ3n) is 4.00. The van der Waals surface area contributed by atoms with Gasteiger partial charge in [0.05, 0.1) is 6.54 Å². The topological polar surface area (TPSA) is 76.7 Å². The van der Waals surface area contributed by atoms with E-state index in [4.69, 9.17) is 9.16 Å². The van der Waals surface area contributed by atoms with Gasteiger partial charge in [-0.25, -0.2) is 4.79 Å². The van der Waals surface area contributed by atoms with Crippen LogP contribution in [-0.4, -0.2) is 48.1 Å². The molecule has 1 unspecified atom stereocenters. The summed E-state index contributed by atoms with van der Waals surface area (Å²) in [5.74, 6) is -0.0526. The van der Waals surface area contributed by atoms with Crippen LogP contribution in [-0.2, 0) is 14.0 Å². The summed E-state index contributed by atoms with van der Waals surface area (Å²) in [6, 6.07) is 1.05. The maximum Gasteiger partial charge on any atom is 0.407 e. The molecular weight excluding hydrogens is 348 g/mol. The molecule has 0 fully saturated rings. The predicted octanol–water partition coefficient (Wildman–Crippen LogP) is 2.86. The lowest BCUT2D eigenvalue weighted by Crippen LogP contribution is -2.41. The zero-order valence-electron chi connectivity index (χ0n) is 17.9. The molecule has 2 amide bonds. The zero-order chi connectivity index (χ0) is 20.2. The van der Waals surface area contributed by atoms with Crippen LogP contribution in [0, 0.1) is 16.7 Å². The number of amides is 2. The first-order valence-corrected chi connectivity index (χ1v) is 11.3. The molecule has 0 saturated carbocycles. The first-order chi connectivity index (χ1) is 12.0. The Hall–Kier alpha value is -1.08. The van der Waals surface area contributed by atoms with Crippen molar-refractivity contribution in [2.75, 3.05) is 26.3 Å². The molecule has 154 valence electrons. The highest BCUT2D eigenvalue weighted by atomic mass is 28.2. The van der Waals surface area contributed by atoms with Crippen LogP contribution in [0.5, 0.6) is 0 Å². The predicted molar refractivity (Wildman–Crippen MR) is 109 cm³/mol. The molecule has 0 saturated heterocycles. The van der Waals surface area contributed by atoms with E-state index in [-0.39, 0.29) is 29.3 Å². The average molecular weight is 389 g/mol. The van der Waals surface area contributed by atoms with E-state index < -0.39 is 15.9 Å². The van der Waals surface area contributed by atoms with E-state index in [9.17, 15) is 9.59 Å². The Bertz CT molecular complexity index is 417. The maximum absolute atomic E-state index is 12.5. The number of rotatable bonds is 11. The molecule has 2 N–H and O–H groups in total. The number of carbonyl (C=O) groups excluding carboxylic acids is 2. The van der Waals surface area contributed by atoms with Crippen molar-refractivity contribution in [3.05, 3.63) is 0 Å². The number of carbonyl (C=O) groups is 2. The molecule has 26 heavy (non-hydrogen) atoms. The van der Waals surface area contributed by atoms with E-state index in [1.54, 1.807) is 0 Å².